The number of oxazole rings is 1. The molecule has 1 aromatic heterocycles. The summed E-state index contributed by atoms with van der Waals surface area (Å²) in [7, 11) is -0.994. The standard InChI is InChI=1S/C12H12BrNO2S/c1-9-6-14-12(16-9)8-17(15)7-10-3-2-4-11(13)5-10/h2-6H,7-8H2,1H3/t17-/m0/s1. The van der Waals surface area contributed by atoms with E-state index in [0.717, 1.165) is 15.8 Å². The number of aromatic nitrogens is 1. The van der Waals surface area contributed by atoms with Crippen molar-refractivity contribution >= 4 is 26.7 Å². The van der Waals surface area contributed by atoms with Crippen molar-refractivity contribution in [3.8, 4) is 0 Å². The van der Waals surface area contributed by atoms with Crippen molar-refractivity contribution in [1.29, 1.82) is 0 Å². The molecule has 5 heteroatoms. The average Bonchev–Trinajstić information content (AvgIpc) is 2.63. The Labute approximate surface area is 111 Å². The molecular weight excluding hydrogens is 302 g/mol. The highest BCUT2D eigenvalue weighted by atomic mass is 79.9. The van der Waals surface area contributed by atoms with Crippen molar-refractivity contribution < 1.29 is 8.63 Å². The van der Waals surface area contributed by atoms with Crippen molar-refractivity contribution in [3.05, 3.63) is 52.1 Å². The van der Waals surface area contributed by atoms with Crippen LogP contribution in [0.5, 0.6) is 0 Å². The van der Waals surface area contributed by atoms with Gasteiger partial charge in [-0.25, -0.2) is 4.98 Å². The van der Waals surface area contributed by atoms with Gasteiger partial charge in [0.25, 0.3) is 0 Å². The smallest absolute Gasteiger partial charge is 0.206 e. The molecule has 0 aliphatic rings. The molecule has 0 N–H and O–H groups in total. The molecule has 1 heterocycles. The normalized spacial score (nSPS) is 12.6. The molecule has 0 saturated carbocycles. The van der Waals surface area contributed by atoms with Crippen LogP contribution in [0.15, 0.2) is 39.4 Å². The molecular formula is C12H12BrNO2S. The first-order valence-corrected chi connectivity index (χ1v) is 7.42. The third-order valence-corrected chi connectivity index (χ3v) is 3.89. The highest BCUT2D eigenvalue weighted by Gasteiger charge is 2.08. The fourth-order valence-electron chi connectivity index (χ4n) is 1.47. The summed E-state index contributed by atoms with van der Waals surface area (Å²) in [5, 5.41) is 0. The van der Waals surface area contributed by atoms with Gasteiger partial charge in [-0.1, -0.05) is 28.1 Å². The number of hydrogen-bond donors (Lipinski definition) is 0. The Morgan fingerprint density at radius 3 is 2.88 bits per heavy atom. The Bertz CT molecular complexity index is 539. The Morgan fingerprint density at radius 1 is 1.41 bits per heavy atom. The molecule has 0 unspecified atom stereocenters. The molecule has 1 aromatic carbocycles. The number of hydrogen-bond acceptors (Lipinski definition) is 3. The van der Waals surface area contributed by atoms with Crippen LogP contribution in [0.3, 0.4) is 0 Å². The zero-order chi connectivity index (χ0) is 12.3. The van der Waals surface area contributed by atoms with Crippen molar-refractivity contribution in [1.82, 2.24) is 4.98 Å². The fraction of sp³-hybridized carbons (Fsp3) is 0.250. The molecule has 0 aliphatic carbocycles. The maximum Gasteiger partial charge on any atom is 0.206 e. The van der Waals surface area contributed by atoms with Gasteiger partial charge in [0.05, 0.1) is 6.20 Å². The molecule has 2 rings (SSSR count). The van der Waals surface area contributed by atoms with E-state index >= 15 is 0 Å². The number of aryl methyl sites for hydroxylation is 1. The van der Waals surface area contributed by atoms with Gasteiger partial charge < -0.3 is 4.42 Å². The zero-order valence-electron chi connectivity index (χ0n) is 9.35. The van der Waals surface area contributed by atoms with Gasteiger partial charge in [0, 0.05) is 21.0 Å². The van der Waals surface area contributed by atoms with E-state index in [1.807, 2.05) is 31.2 Å². The molecule has 17 heavy (non-hydrogen) atoms. The summed E-state index contributed by atoms with van der Waals surface area (Å²) in [6, 6.07) is 7.82. The lowest BCUT2D eigenvalue weighted by Gasteiger charge is -2.01. The molecule has 0 saturated heterocycles. The van der Waals surface area contributed by atoms with Crippen molar-refractivity contribution in [3.63, 3.8) is 0 Å². The molecule has 0 fully saturated rings. The largest absolute Gasteiger partial charge is 0.445 e. The summed E-state index contributed by atoms with van der Waals surface area (Å²) in [5.41, 5.74) is 1.04. The van der Waals surface area contributed by atoms with Gasteiger partial charge in [-0.05, 0) is 24.6 Å². The van der Waals surface area contributed by atoms with Crippen molar-refractivity contribution in [2.75, 3.05) is 0 Å². The van der Waals surface area contributed by atoms with Gasteiger partial charge in [0.2, 0.25) is 5.89 Å². The van der Waals surface area contributed by atoms with Crippen LogP contribution >= 0.6 is 15.9 Å². The molecule has 0 spiro atoms. The quantitative estimate of drug-likeness (QED) is 0.870. The van der Waals surface area contributed by atoms with E-state index in [0.29, 0.717) is 17.4 Å². The molecule has 90 valence electrons. The first-order valence-electron chi connectivity index (χ1n) is 5.14. The minimum Gasteiger partial charge on any atom is -0.445 e. The van der Waals surface area contributed by atoms with E-state index in [2.05, 4.69) is 20.9 Å². The summed E-state index contributed by atoms with van der Waals surface area (Å²) in [6.45, 7) is 1.83. The highest BCUT2D eigenvalue weighted by Crippen LogP contribution is 2.14. The summed E-state index contributed by atoms with van der Waals surface area (Å²) >= 11 is 3.39. The summed E-state index contributed by atoms with van der Waals surface area (Å²) in [6.07, 6.45) is 1.64. The Morgan fingerprint density at radius 2 is 2.24 bits per heavy atom. The van der Waals surface area contributed by atoms with E-state index in [9.17, 15) is 4.21 Å². The van der Waals surface area contributed by atoms with E-state index in [4.69, 9.17) is 4.42 Å². The van der Waals surface area contributed by atoms with Crippen LogP contribution in [-0.2, 0) is 22.3 Å². The van der Waals surface area contributed by atoms with Crippen LogP contribution in [0.1, 0.15) is 17.2 Å². The van der Waals surface area contributed by atoms with Crippen LogP contribution in [0.4, 0.5) is 0 Å². The number of benzene rings is 1. The molecule has 3 nitrogen and oxygen atoms in total. The Balaban J connectivity index is 1.98. The summed E-state index contributed by atoms with van der Waals surface area (Å²) in [4.78, 5) is 4.05. The average molecular weight is 314 g/mol. The Hall–Kier alpha value is -0.940. The Kier molecular flexibility index (Phi) is 4.12. The fourth-order valence-corrected chi connectivity index (χ4v) is 2.98. The molecule has 0 radical (unpaired) electrons. The minimum atomic E-state index is -0.994. The molecule has 2 aromatic rings. The third-order valence-electron chi connectivity index (χ3n) is 2.17. The van der Waals surface area contributed by atoms with E-state index < -0.39 is 10.8 Å². The second kappa shape index (κ2) is 5.60. The van der Waals surface area contributed by atoms with Crippen LogP contribution in [0.2, 0.25) is 0 Å². The maximum atomic E-state index is 11.9. The maximum absolute atomic E-state index is 11.9. The number of nitrogens with zero attached hydrogens (tertiary/aromatic N) is 1. The molecule has 0 aliphatic heterocycles. The second-order valence-electron chi connectivity index (χ2n) is 3.72. The highest BCUT2D eigenvalue weighted by molar-refractivity contribution is 9.10. The predicted molar refractivity (Wildman–Crippen MR) is 70.9 cm³/mol. The van der Waals surface area contributed by atoms with Crippen LogP contribution < -0.4 is 0 Å². The van der Waals surface area contributed by atoms with Gasteiger partial charge in [-0.15, -0.1) is 0 Å². The predicted octanol–water partition coefficient (Wildman–Crippen LogP) is 3.19. The molecule has 0 bridgehead atoms. The van der Waals surface area contributed by atoms with Gasteiger partial charge in [0.15, 0.2) is 0 Å². The second-order valence-corrected chi connectivity index (χ2v) is 6.10. The lowest BCUT2D eigenvalue weighted by molar-refractivity contribution is 0.488. The lowest BCUT2D eigenvalue weighted by Crippen LogP contribution is -1.99. The zero-order valence-corrected chi connectivity index (χ0v) is 11.8. The van der Waals surface area contributed by atoms with Crippen LogP contribution in [0, 0.1) is 6.92 Å². The first-order chi connectivity index (χ1) is 8.13. The summed E-state index contributed by atoms with van der Waals surface area (Å²) in [5.74, 6) is 2.16. The monoisotopic (exact) mass is 313 g/mol. The number of rotatable bonds is 4. The third kappa shape index (κ3) is 3.78. The van der Waals surface area contributed by atoms with E-state index in [1.165, 1.54) is 0 Å². The van der Waals surface area contributed by atoms with Gasteiger partial charge in [-0.2, -0.15) is 0 Å². The number of halogens is 1. The topological polar surface area (TPSA) is 43.1 Å². The van der Waals surface area contributed by atoms with Crippen molar-refractivity contribution in [2.45, 2.75) is 18.4 Å². The molecule has 1 atom stereocenters. The van der Waals surface area contributed by atoms with Crippen LogP contribution in [-0.4, -0.2) is 9.19 Å². The van der Waals surface area contributed by atoms with Gasteiger partial charge in [0.1, 0.15) is 11.5 Å². The lowest BCUT2D eigenvalue weighted by atomic mass is 10.2. The van der Waals surface area contributed by atoms with Gasteiger partial charge in [-0.3, -0.25) is 4.21 Å². The van der Waals surface area contributed by atoms with Gasteiger partial charge >= 0.3 is 0 Å². The first kappa shape index (κ1) is 12.5. The SMILES string of the molecule is Cc1cnc(C[S@@](=O)Cc2cccc(Br)c2)o1. The summed E-state index contributed by atoms with van der Waals surface area (Å²) < 4.78 is 18.2. The van der Waals surface area contributed by atoms with Crippen molar-refractivity contribution in [2.24, 2.45) is 0 Å². The minimum absolute atomic E-state index is 0.361. The molecule has 0 amide bonds. The van der Waals surface area contributed by atoms with E-state index in [1.54, 1.807) is 6.20 Å². The van der Waals surface area contributed by atoms with E-state index in [-0.39, 0.29) is 0 Å². The van der Waals surface area contributed by atoms with Crippen LogP contribution in [0.25, 0.3) is 0 Å².